The van der Waals surface area contributed by atoms with Crippen molar-refractivity contribution < 1.29 is 23.9 Å². The summed E-state index contributed by atoms with van der Waals surface area (Å²) in [5.41, 5.74) is -1.26. The van der Waals surface area contributed by atoms with Crippen LogP contribution in [0, 0.1) is 5.41 Å². The second-order valence-electron chi connectivity index (χ2n) is 3.32. The van der Waals surface area contributed by atoms with Crippen LogP contribution in [0.15, 0.2) is 0 Å². The first-order valence-electron chi connectivity index (χ1n) is 4.19. The minimum atomic E-state index is -1.26. The Bertz CT molecular complexity index is 273. The van der Waals surface area contributed by atoms with E-state index in [-0.39, 0.29) is 31.0 Å². The zero-order chi connectivity index (χ0) is 10.8. The third kappa shape index (κ3) is 1.55. The van der Waals surface area contributed by atoms with Crippen molar-refractivity contribution in [3.63, 3.8) is 0 Å². The van der Waals surface area contributed by atoms with Crippen molar-refractivity contribution in [2.24, 2.45) is 5.41 Å². The lowest BCUT2D eigenvalue weighted by molar-refractivity contribution is -0.169. The number of esters is 1. The fourth-order valence-corrected chi connectivity index (χ4v) is 1.54. The van der Waals surface area contributed by atoms with Gasteiger partial charge in [-0.15, -0.1) is 0 Å². The Labute approximate surface area is 81.4 Å². The topological polar surface area (TPSA) is 69.7 Å². The van der Waals surface area contributed by atoms with E-state index in [2.05, 4.69) is 9.47 Å². The molecule has 1 fully saturated rings. The van der Waals surface area contributed by atoms with Gasteiger partial charge in [0.2, 0.25) is 0 Å². The molecule has 0 radical (unpaired) electrons. The lowest BCUT2D eigenvalue weighted by atomic mass is 9.65. The maximum atomic E-state index is 11.5. The van der Waals surface area contributed by atoms with Crippen molar-refractivity contribution >= 4 is 17.5 Å². The fraction of sp³-hybridized carbons (Fsp3) is 0.667. The van der Waals surface area contributed by atoms with Crippen LogP contribution >= 0.6 is 0 Å². The third-order valence-corrected chi connectivity index (χ3v) is 2.38. The van der Waals surface area contributed by atoms with Crippen LogP contribution < -0.4 is 0 Å². The van der Waals surface area contributed by atoms with Gasteiger partial charge in [0.15, 0.2) is 5.78 Å². The van der Waals surface area contributed by atoms with Crippen molar-refractivity contribution in [2.45, 2.75) is 12.8 Å². The van der Waals surface area contributed by atoms with E-state index in [9.17, 15) is 14.4 Å². The number of hydrogen-bond acceptors (Lipinski definition) is 5. The van der Waals surface area contributed by atoms with E-state index in [1.165, 1.54) is 14.2 Å². The van der Waals surface area contributed by atoms with Crippen molar-refractivity contribution in [3.8, 4) is 0 Å². The van der Waals surface area contributed by atoms with E-state index in [1.54, 1.807) is 0 Å². The summed E-state index contributed by atoms with van der Waals surface area (Å²) >= 11 is 0. The van der Waals surface area contributed by atoms with Crippen molar-refractivity contribution in [1.29, 1.82) is 0 Å². The van der Waals surface area contributed by atoms with Crippen LogP contribution in [0.1, 0.15) is 12.8 Å². The van der Waals surface area contributed by atoms with Gasteiger partial charge in [-0.1, -0.05) is 0 Å². The quantitative estimate of drug-likeness (QED) is 0.461. The highest BCUT2D eigenvalue weighted by Gasteiger charge is 2.56. The van der Waals surface area contributed by atoms with Gasteiger partial charge in [-0.2, -0.15) is 0 Å². The molecule has 1 aliphatic carbocycles. The first-order chi connectivity index (χ1) is 6.56. The smallest absolute Gasteiger partial charge is 0.320 e. The predicted octanol–water partition coefficient (Wildman–Crippen LogP) is -0.276. The predicted molar refractivity (Wildman–Crippen MR) is 45.6 cm³/mol. The van der Waals surface area contributed by atoms with E-state index in [0.29, 0.717) is 0 Å². The molecular formula is C9H12O5. The Morgan fingerprint density at radius 1 is 1.36 bits per heavy atom. The molecule has 0 aromatic rings. The van der Waals surface area contributed by atoms with E-state index in [4.69, 9.17) is 0 Å². The molecule has 0 bridgehead atoms. The van der Waals surface area contributed by atoms with Crippen LogP contribution in [0.25, 0.3) is 0 Å². The van der Waals surface area contributed by atoms with Gasteiger partial charge >= 0.3 is 5.97 Å². The summed E-state index contributed by atoms with van der Waals surface area (Å²) in [5, 5.41) is 0. The molecule has 1 saturated carbocycles. The van der Waals surface area contributed by atoms with Crippen molar-refractivity contribution in [1.82, 2.24) is 0 Å². The molecule has 5 heteroatoms. The maximum absolute atomic E-state index is 11.5. The summed E-state index contributed by atoms with van der Waals surface area (Å²) in [6.07, 6.45) is -0.107. The largest absolute Gasteiger partial charge is 0.468 e. The van der Waals surface area contributed by atoms with Gasteiger partial charge in [0.05, 0.1) is 7.11 Å². The highest BCUT2D eigenvalue weighted by molar-refractivity contribution is 6.14. The lowest BCUT2D eigenvalue weighted by Gasteiger charge is -2.35. The monoisotopic (exact) mass is 200 g/mol. The lowest BCUT2D eigenvalue weighted by Crippen LogP contribution is -2.52. The molecule has 78 valence electrons. The Hall–Kier alpha value is -1.23. The normalized spacial score (nSPS) is 18.6. The molecule has 0 N–H and O–H groups in total. The molecule has 0 aliphatic heterocycles. The molecule has 5 nitrogen and oxygen atoms in total. The van der Waals surface area contributed by atoms with E-state index >= 15 is 0 Å². The van der Waals surface area contributed by atoms with Crippen LogP contribution in [0.4, 0.5) is 0 Å². The van der Waals surface area contributed by atoms with Crippen LogP contribution in [0.2, 0.25) is 0 Å². The fourth-order valence-electron chi connectivity index (χ4n) is 1.54. The summed E-state index contributed by atoms with van der Waals surface area (Å²) in [6.45, 7) is -0.164. The first-order valence-corrected chi connectivity index (χ1v) is 4.19. The summed E-state index contributed by atoms with van der Waals surface area (Å²) in [4.78, 5) is 33.7. The molecule has 0 heterocycles. The average Bonchev–Trinajstić information content (AvgIpc) is 2.11. The Balaban J connectivity index is 2.78. The van der Waals surface area contributed by atoms with Gasteiger partial charge in [0.25, 0.3) is 0 Å². The van der Waals surface area contributed by atoms with Gasteiger partial charge in [-0.05, 0) is 0 Å². The van der Waals surface area contributed by atoms with E-state index in [0.717, 1.165) is 0 Å². The molecule has 0 saturated heterocycles. The second-order valence-corrected chi connectivity index (χ2v) is 3.32. The molecule has 0 atom stereocenters. The number of ether oxygens (including phenoxy) is 2. The standard InChI is InChI=1S/C9H12O5/c1-13-5-7(11)9(8(12)14-2)3-6(10)4-9/h3-5H2,1-2H3. The third-order valence-electron chi connectivity index (χ3n) is 2.38. The van der Waals surface area contributed by atoms with Crippen LogP contribution in [-0.2, 0) is 23.9 Å². The number of rotatable bonds is 4. The Morgan fingerprint density at radius 3 is 2.29 bits per heavy atom. The molecule has 0 unspecified atom stereocenters. The minimum absolute atomic E-state index is 0.0537. The van der Waals surface area contributed by atoms with Gasteiger partial charge in [-0.3, -0.25) is 14.4 Å². The summed E-state index contributed by atoms with van der Waals surface area (Å²) < 4.78 is 9.15. The summed E-state index contributed by atoms with van der Waals surface area (Å²) in [7, 11) is 2.57. The highest BCUT2D eigenvalue weighted by Crippen LogP contribution is 2.40. The van der Waals surface area contributed by atoms with Crippen LogP contribution in [0.3, 0.4) is 0 Å². The molecule has 1 rings (SSSR count). The molecule has 0 spiro atoms. The maximum Gasteiger partial charge on any atom is 0.320 e. The van der Waals surface area contributed by atoms with Gasteiger partial charge in [0, 0.05) is 20.0 Å². The van der Waals surface area contributed by atoms with Gasteiger partial charge in [0.1, 0.15) is 17.8 Å². The van der Waals surface area contributed by atoms with Crippen molar-refractivity contribution in [3.05, 3.63) is 0 Å². The minimum Gasteiger partial charge on any atom is -0.468 e. The van der Waals surface area contributed by atoms with Crippen molar-refractivity contribution in [2.75, 3.05) is 20.8 Å². The molecule has 0 amide bonds. The number of ketones is 2. The Kier molecular flexibility index (Phi) is 3.00. The van der Waals surface area contributed by atoms with E-state index < -0.39 is 11.4 Å². The number of Topliss-reactive ketones (excluding diaryl/α,β-unsaturated/α-hetero) is 2. The van der Waals surface area contributed by atoms with E-state index in [1.807, 2.05) is 0 Å². The highest BCUT2D eigenvalue weighted by atomic mass is 16.5. The summed E-state index contributed by atoms with van der Waals surface area (Å²) in [5.74, 6) is -1.12. The molecular weight excluding hydrogens is 188 g/mol. The molecule has 0 aromatic heterocycles. The summed E-state index contributed by atoms with van der Waals surface area (Å²) in [6, 6.07) is 0. The number of carbonyl (C=O) groups is 3. The molecule has 14 heavy (non-hydrogen) atoms. The molecule has 1 aliphatic rings. The molecule has 0 aromatic carbocycles. The second kappa shape index (κ2) is 3.88. The van der Waals surface area contributed by atoms with Crippen LogP contribution in [-0.4, -0.2) is 38.4 Å². The number of hydrogen-bond donors (Lipinski definition) is 0. The average molecular weight is 200 g/mol. The Morgan fingerprint density at radius 2 is 1.93 bits per heavy atom. The zero-order valence-electron chi connectivity index (χ0n) is 8.16. The van der Waals surface area contributed by atoms with Gasteiger partial charge < -0.3 is 9.47 Å². The zero-order valence-corrected chi connectivity index (χ0v) is 8.16. The number of carbonyl (C=O) groups excluding carboxylic acids is 3. The SMILES string of the molecule is COCC(=O)C1(C(=O)OC)CC(=O)C1. The van der Waals surface area contributed by atoms with Crippen LogP contribution in [0.5, 0.6) is 0 Å². The van der Waals surface area contributed by atoms with Gasteiger partial charge in [-0.25, -0.2) is 0 Å². The number of methoxy groups -OCH3 is 2. The first kappa shape index (κ1) is 10.8.